The number of H-pyrrole nitrogens is 1. The van der Waals surface area contributed by atoms with Gasteiger partial charge in [0.2, 0.25) is 0 Å². The van der Waals surface area contributed by atoms with Crippen LogP contribution in [0, 0.1) is 10.8 Å². The molecule has 40 heavy (non-hydrogen) atoms. The van der Waals surface area contributed by atoms with Gasteiger partial charge >= 0.3 is 0 Å². The van der Waals surface area contributed by atoms with Gasteiger partial charge in [0.05, 0.1) is 23.5 Å². The fourth-order valence-electron chi connectivity index (χ4n) is 3.69. The summed E-state index contributed by atoms with van der Waals surface area (Å²) in [4.78, 5) is 45.1. The Morgan fingerprint density at radius 1 is 0.900 bits per heavy atom. The number of halogens is 2. The molecule has 0 fully saturated rings. The number of Topliss-reactive ketones (excluding diaryl/α,β-unsaturated/α-hetero) is 2. The topological polar surface area (TPSA) is 116 Å². The number of aromatic nitrogens is 6. The van der Waals surface area contributed by atoms with Crippen molar-refractivity contribution in [1.82, 2.24) is 29.5 Å². The smallest absolute Gasteiger partial charge is 0.171 e. The highest BCUT2D eigenvalue weighted by atomic mass is 79.9. The van der Waals surface area contributed by atoms with Crippen LogP contribution < -0.4 is 0 Å². The van der Waals surface area contributed by atoms with Crippen molar-refractivity contribution in [2.45, 2.75) is 74.0 Å². The SMILES string of the molecule is CC(C)(C)C(=O)c1c[nH]c2ncc(Br)nc12.CC(C)(C)C(=O)c1cn(COCC[Si](C)(C)C)c2ncc(Br)nc12. The zero-order chi connectivity index (χ0) is 30.0. The largest absolute Gasteiger partial charge is 0.361 e. The molecule has 0 unspecified atom stereocenters. The molecule has 216 valence electrons. The van der Waals surface area contributed by atoms with Crippen LogP contribution in [0.15, 0.2) is 34.0 Å². The summed E-state index contributed by atoms with van der Waals surface area (Å²) in [5.74, 6) is 0.117. The van der Waals surface area contributed by atoms with Gasteiger partial charge in [-0.1, -0.05) is 61.2 Å². The van der Waals surface area contributed by atoms with Gasteiger partial charge in [-0.05, 0) is 37.9 Å². The summed E-state index contributed by atoms with van der Waals surface area (Å²) < 4.78 is 8.94. The maximum Gasteiger partial charge on any atom is 0.171 e. The molecule has 0 amide bonds. The predicted molar refractivity (Wildman–Crippen MR) is 168 cm³/mol. The average Bonchev–Trinajstić information content (AvgIpc) is 3.40. The van der Waals surface area contributed by atoms with Crippen LogP contribution >= 0.6 is 31.9 Å². The van der Waals surface area contributed by atoms with E-state index in [4.69, 9.17) is 4.74 Å². The van der Waals surface area contributed by atoms with Crippen LogP contribution in [0.2, 0.25) is 25.7 Å². The van der Waals surface area contributed by atoms with Crippen LogP contribution in [0.4, 0.5) is 0 Å². The molecule has 0 saturated heterocycles. The van der Waals surface area contributed by atoms with Crippen molar-refractivity contribution in [2.24, 2.45) is 10.8 Å². The number of ether oxygens (including phenoxy) is 1. The molecule has 1 N–H and O–H groups in total. The minimum atomic E-state index is -1.12. The second kappa shape index (κ2) is 12.3. The number of rotatable bonds is 7. The monoisotopic (exact) mass is 692 g/mol. The number of aromatic amines is 1. The highest BCUT2D eigenvalue weighted by Gasteiger charge is 2.28. The van der Waals surface area contributed by atoms with Crippen molar-refractivity contribution >= 4 is 73.8 Å². The van der Waals surface area contributed by atoms with Gasteiger partial charge in [-0.15, -0.1) is 0 Å². The Kier molecular flexibility index (Phi) is 9.91. The molecule has 9 nitrogen and oxygen atoms in total. The lowest BCUT2D eigenvalue weighted by atomic mass is 9.87. The molecule has 4 aromatic rings. The van der Waals surface area contributed by atoms with Crippen molar-refractivity contribution in [2.75, 3.05) is 6.61 Å². The van der Waals surface area contributed by atoms with Crippen LogP contribution in [-0.2, 0) is 11.5 Å². The Hall–Kier alpha value is -2.28. The fraction of sp³-hybridized carbons (Fsp3) is 0.500. The van der Waals surface area contributed by atoms with Crippen molar-refractivity contribution in [3.05, 3.63) is 45.1 Å². The van der Waals surface area contributed by atoms with Gasteiger partial charge in [-0.3, -0.25) is 9.59 Å². The van der Waals surface area contributed by atoms with Crippen LogP contribution in [-0.4, -0.2) is 55.7 Å². The summed E-state index contributed by atoms with van der Waals surface area (Å²) in [5.41, 5.74) is 2.86. The van der Waals surface area contributed by atoms with Crippen LogP contribution in [0.1, 0.15) is 62.3 Å². The Balaban J connectivity index is 0.000000238. The second-order valence-electron chi connectivity index (χ2n) is 13.0. The quantitative estimate of drug-likeness (QED) is 0.120. The molecule has 0 radical (unpaired) electrons. The minimum Gasteiger partial charge on any atom is -0.361 e. The number of ketones is 2. The molecule has 12 heteroatoms. The lowest BCUT2D eigenvalue weighted by Crippen LogP contribution is -2.22. The second-order valence-corrected chi connectivity index (χ2v) is 20.2. The molecule has 0 bridgehead atoms. The maximum absolute atomic E-state index is 12.7. The highest BCUT2D eigenvalue weighted by Crippen LogP contribution is 2.28. The van der Waals surface area contributed by atoms with Gasteiger partial charge in [0, 0.05) is 37.9 Å². The van der Waals surface area contributed by atoms with E-state index in [1.165, 1.54) is 0 Å². The molecular weight excluding hydrogens is 656 g/mol. The van der Waals surface area contributed by atoms with Gasteiger partial charge in [-0.2, -0.15) is 0 Å². The Labute approximate surface area is 253 Å². The third-order valence-electron chi connectivity index (χ3n) is 5.97. The first-order chi connectivity index (χ1) is 18.4. The maximum atomic E-state index is 12.7. The van der Waals surface area contributed by atoms with Gasteiger partial charge in [-0.25, -0.2) is 19.9 Å². The standard InChI is InChI=1S/C17H26BrN3O2Si.C11H12BrN3O/c1-17(2,3)15(22)12-10-21(11-23-7-8-24(4,5)6)16-14(12)20-13(18)9-19-16;1-11(2,3)9(16)6-4-13-10-8(6)15-7(12)5-14-10/h9-10H,7-8,11H2,1-6H3;4-5H,1-3H3,(H,13,14). The van der Waals surface area contributed by atoms with Gasteiger partial charge in [0.25, 0.3) is 0 Å². The number of fused-ring (bicyclic) bond motifs is 2. The molecule has 0 aliphatic heterocycles. The number of nitrogens with zero attached hydrogens (tertiary/aromatic N) is 5. The Morgan fingerprint density at radius 2 is 1.45 bits per heavy atom. The zero-order valence-corrected chi connectivity index (χ0v) is 28.8. The molecule has 0 aromatic carbocycles. The van der Waals surface area contributed by atoms with E-state index in [0.29, 0.717) is 49.4 Å². The normalized spacial score (nSPS) is 12.5. The minimum absolute atomic E-state index is 0.0562. The third-order valence-corrected chi connectivity index (χ3v) is 8.43. The number of carbonyl (C=O) groups is 2. The molecule has 0 aliphatic carbocycles. The summed E-state index contributed by atoms with van der Waals surface area (Å²) in [6.45, 7) is 19.5. The van der Waals surface area contributed by atoms with Gasteiger partial charge in [0.15, 0.2) is 22.9 Å². The first-order valence-electron chi connectivity index (χ1n) is 13.1. The van der Waals surface area contributed by atoms with Crippen molar-refractivity contribution in [1.29, 1.82) is 0 Å². The lowest BCUT2D eigenvalue weighted by molar-refractivity contribution is 0.0846. The molecule has 4 heterocycles. The van der Waals surface area contributed by atoms with E-state index in [1.807, 2.05) is 52.3 Å². The average molecular weight is 695 g/mol. The van der Waals surface area contributed by atoms with E-state index >= 15 is 0 Å². The predicted octanol–water partition coefficient (Wildman–Crippen LogP) is 7.68. The number of hydrogen-bond acceptors (Lipinski definition) is 7. The fourth-order valence-corrected chi connectivity index (χ4v) is 5.00. The van der Waals surface area contributed by atoms with E-state index < -0.39 is 18.9 Å². The van der Waals surface area contributed by atoms with Gasteiger partial charge < -0.3 is 14.3 Å². The number of nitrogens with one attached hydrogen (secondary N) is 1. The Bertz CT molecular complexity index is 1530. The molecule has 4 aromatic heterocycles. The van der Waals surface area contributed by atoms with E-state index in [9.17, 15) is 9.59 Å². The van der Waals surface area contributed by atoms with Crippen LogP contribution in [0.5, 0.6) is 0 Å². The molecule has 4 rings (SSSR count). The van der Waals surface area contributed by atoms with Gasteiger partial charge in [0.1, 0.15) is 27.0 Å². The molecular formula is C28H38Br2N6O3Si. The summed E-state index contributed by atoms with van der Waals surface area (Å²) in [6, 6.07) is 1.11. The first-order valence-corrected chi connectivity index (χ1v) is 18.4. The summed E-state index contributed by atoms with van der Waals surface area (Å²) in [5, 5.41) is 0. The lowest BCUT2D eigenvalue weighted by Gasteiger charge is -2.16. The van der Waals surface area contributed by atoms with Crippen LogP contribution in [0.3, 0.4) is 0 Å². The summed E-state index contributed by atoms with van der Waals surface area (Å²) in [7, 11) is -1.12. The summed E-state index contributed by atoms with van der Waals surface area (Å²) >= 11 is 6.59. The van der Waals surface area contributed by atoms with E-state index in [1.54, 1.807) is 18.6 Å². The summed E-state index contributed by atoms with van der Waals surface area (Å²) in [6.07, 6.45) is 6.74. The molecule has 0 spiro atoms. The highest BCUT2D eigenvalue weighted by molar-refractivity contribution is 9.10. The van der Waals surface area contributed by atoms with Crippen molar-refractivity contribution in [3.8, 4) is 0 Å². The van der Waals surface area contributed by atoms with Crippen molar-refractivity contribution < 1.29 is 14.3 Å². The van der Waals surface area contributed by atoms with E-state index in [0.717, 1.165) is 12.7 Å². The van der Waals surface area contributed by atoms with E-state index in [-0.39, 0.29) is 11.6 Å². The Morgan fingerprint density at radius 3 is 2.02 bits per heavy atom. The third kappa shape index (κ3) is 8.14. The molecule has 0 atom stereocenters. The van der Waals surface area contributed by atoms with Crippen molar-refractivity contribution in [3.63, 3.8) is 0 Å². The zero-order valence-electron chi connectivity index (χ0n) is 24.6. The number of carbonyl (C=O) groups excluding carboxylic acids is 2. The first kappa shape index (κ1) is 32.2. The molecule has 0 saturated carbocycles. The van der Waals surface area contributed by atoms with E-state index in [2.05, 4.69) is 76.4 Å². The molecule has 0 aliphatic rings. The number of hydrogen-bond donors (Lipinski definition) is 1. The van der Waals surface area contributed by atoms with Crippen LogP contribution in [0.25, 0.3) is 22.3 Å².